The fourth-order valence-electron chi connectivity index (χ4n) is 6.04. The molecule has 1 spiro atoms. The van der Waals surface area contributed by atoms with Gasteiger partial charge in [0.25, 0.3) is 0 Å². The van der Waals surface area contributed by atoms with E-state index in [0.29, 0.717) is 43.7 Å². The van der Waals surface area contributed by atoms with Crippen LogP contribution >= 0.6 is 11.6 Å². The standard InChI is InChI=1S/C22H27ClFN3O4S/c1-14-18-8-7-17-19(25-27(20(17)23)32(28,29)26(2)3)21(18,15-5-4-6-16(24)13-15)9-10-22(14)30-11-12-31-22/h4-6,13-14,18H,7-12H2,1-3H3/t14-,18-,21+/m0/s1. The number of halogens is 2. The van der Waals surface area contributed by atoms with Gasteiger partial charge in [0.1, 0.15) is 11.0 Å². The second-order valence-electron chi connectivity index (χ2n) is 9.18. The molecule has 0 N–H and O–H groups in total. The van der Waals surface area contributed by atoms with Crippen LogP contribution in [0.3, 0.4) is 0 Å². The zero-order valence-corrected chi connectivity index (χ0v) is 19.9. The second kappa shape index (κ2) is 7.50. The number of ether oxygens (including phenoxy) is 2. The van der Waals surface area contributed by atoms with E-state index in [0.717, 1.165) is 20.4 Å². The van der Waals surface area contributed by atoms with Crippen LogP contribution in [0.15, 0.2) is 24.3 Å². The number of nitrogens with zero attached hydrogens (tertiary/aromatic N) is 3. The summed E-state index contributed by atoms with van der Waals surface area (Å²) in [7, 11) is -1.02. The maximum atomic E-state index is 14.4. The fraction of sp³-hybridized carbons (Fsp3) is 0.591. The molecule has 1 aromatic carbocycles. The van der Waals surface area contributed by atoms with Crippen LogP contribution in [0.5, 0.6) is 0 Å². The number of rotatable bonds is 3. The maximum Gasteiger partial charge on any atom is 0.323 e. The van der Waals surface area contributed by atoms with Crippen LogP contribution < -0.4 is 0 Å². The summed E-state index contributed by atoms with van der Waals surface area (Å²) >= 11 is 6.61. The summed E-state index contributed by atoms with van der Waals surface area (Å²) < 4.78 is 54.5. The predicted octanol–water partition coefficient (Wildman–Crippen LogP) is 3.35. The third kappa shape index (κ3) is 2.94. The molecular weight excluding hydrogens is 457 g/mol. The quantitative estimate of drug-likeness (QED) is 0.669. The Morgan fingerprint density at radius 2 is 1.97 bits per heavy atom. The van der Waals surface area contributed by atoms with Gasteiger partial charge in [0.15, 0.2) is 5.79 Å². The van der Waals surface area contributed by atoms with E-state index in [1.807, 2.05) is 6.07 Å². The third-order valence-electron chi connectivity index (χ3n) is 7.62. The van der Waals surface area contributed by atoms with Gasteiger partial charge in [0.2, 0.25) is 0 Å². The summed E-state index contributed by atoms with van der Waals surface area (Å²) in [6.45, 7) is 3.22. The molecule has 2 fully saturated rings. The maximum absolute atomic E-state index is 14.4. The molecule has 7 nitrogen and oxygen atoms in total. The summed E-state index contributed by atoms with van der Waals surface area (Å²) in [5, 5.41) is 4.71. The van der Waals surface area contributed by atoms with Crippen molar-refractivity contribution in [2.24, 2.45) is 11.8 Å². The Hall–Kier alpha value is -1.52. The highest BCUT2D eigenvalue weighted by Crippen LogP contribution is 2.60. The lowest BCUT2D eigenvalue weighted by Gasteiger charge is -2.55. The van der Waals surface area contributed by atoms with Gasteiger partial charge >= 0.3 is 10.2 Å². The summed E-state index contributed by atoms with van der Waals surface area (Å²) in [6, 6.07) is 6.55. The van der Waals surface area contributed by atoms with E-state index >= 15 is 0 Å². The molecule has 0 radical (unpaired) electrons. The Kier molecular flexibility index (Phi) is 5.22. The molecule has 1 saturated carbocycles. The summed E-state index contributed by atoms with van der Waals surface area (Å²) in [5.74, 6) is -0.980. The van der Waals surface area contributed by atoms with Gasteiger partial charge in [-0.3, -0.25) is 0 Å². The van der Waals surface area contributed by atoms with Crippen molar-refractivity contribution in [3.8, 4) is 0 Å². The molecule has 2 aromatic rings. The van der Waals surface area contributed by atoms with Gasteiger partial charge in [-0.05, 0) is 42.9 Å². The Morgan fingerprint density at radius 1 is 1.25 bits per heavy atom. The zero-order chi connectivity index (χ0) is 22.9. The summed E-state index contributed by atoms with van der Waals surface area (Å²) in [5.41, 5.74) is 1.43. The number of fused-ring (bicyclic) bond motifs is 3. The van der Waals surface area contributed by atoms with E-state index < -0.39 is 21.4 Å². The lowest BCUT2D eigenvalue weighted by atomic mass is 9.52. The molecule has 32 heavy (non-hydrogen) atoms. The van der Waals surface area contributed by atoms with Crippen molar-refractivity contribution in [1.82, 2.24) is 13.5 Å². The fourth-order valence-corrected chi connectivity index (χ4v) is 7.33. The van der Waals surface area contributed by atoms with Crippen molar-refractivity contribution in [3.63, 3.8) is 0 Å². The SMILES string of the molecule is C[C@H]1[C@@H]2CCc3c(nn(S(=O)(=O)N(C)C)c3Cl)[C@@]2(c2cccc(F)c2)CCC12OCCO2. The van der Waals surface area contributed by atoms with Crippen molar-refractivity contribution in [2.45, 2.75) is 43.8 Å². The molecule has 0 bridgehead atoms. The highest BCUT2D eigenvalue weighted by atomic mass is 35.5. The highest BCUT2D eigenvalue weighted by molar-refractivity contribution is 7.87. The number of aromatic nitrogens is 2. The lowest BCUT2D eigenvalue weighted by molar-refractivity contribution is -0.232. The molecule has 174 valence electrons. The summed E-state index contributed by atoms with van der Waals surface area (Å²) in [4.78, 5) is 0. The van der Waals surface area contributed by atoms with Crippen molar-refractivity contribution in [2.75, 3.05) is 27.3 Å². The first-order valence-corrected chi connectivity index (χ1v) is 12.7. The monoisotopic (exact) mass is 483 g/mol. The molecule has 3 atom stereocenters. The van der Waals surface area contributed by atoms with Crippen molar-refractivity contribution in [1.29, 1.82) is 0 Å². The highest BCUT2D eigenvalue weighted by Gasteiger charge is 2.61. The van der Waals surface area contributed by atoms with Gasteiger partial charge in [-0.2, -0.15) is 17.8 Å². The van der Waals surface area contributed by atoms with Crippen LogP contribution in [0.1, 0.15) is 43.0 Å². The first-order chi connectivity index (χ1) is 15.1. The lowest BCUT2D eigenvalue weighted by Crippen LogP contribution is -2.56. The van der Waals surface area contributed by atoms with Crippen LogP contribution in [0, 0.1) is 17.7 Å². The molecule has 5 rings (SSSR count). The number of benzene rings is 1. The van der Waals surface area contributed by atoms with Gasteiger partial charge in [0.05, 0.1) is 18.9 Å². The van der Waals surface area contributed by atoms with Gasteiger partial charge in [-0.25, -0.2) is 4.39 Å². The largest absolute Gasteiger partial charge is 0.347 e. The predicted molar refractivity (Wildman–Crippen MR) is 117 cm³/mol. The minimum atomic E-state index is -3.91. The molecule has 0 amide bonds. The van der Waals surface area contributed by atoms with Gasteiger partial charge in [-0.1, -0.05) is 30.7 Å². The average molecular weight is 484 g/mol. The van der Waals surface area contributed by atoms with Crippen molar-refractivity contribution >= 4 is 21.8 Å². The number of hydrogen-bond acceptors (Lipinski definition) is 5. The van der Waals surface area contributed by atoms with Gasteiger partial charge in [0, 0.05) is 37.4 Å². The first kappa shape index (κ1) is 22.3. The molecule has 1 aromatic heterocycles. The van der Waals surface area contributed by atoms with Gasteiger partial charge in [-0.15, -0.1) is 4.09 Å². The normalized spacial score (nSPS) is 29.3. The molecule has 2 heterocycles. The minimum absolute atomic E-state index is 0.00421. The molecular formula is C22H27ClFN3O4S. The van der Waals surface area contributed by atoms with Crippen molar-refractivity contribution < 1.29 is 22.3 Å². The van der Waals surface area contributed by atoms with Crippen LogP contribution in [-0.4, -0.2) is 55.0 Å². The molecule has 1 saturated heterocycles. The van der Waals surface area contributed by atoms with Crippen LogP contribution in [-0.2, 0) is 31.5 Å². The Labute approximate surface area is 192 Å². The van der Waals surface area contributed by atoms with Crippen LogP contribution in [0.4, 0.5) is 4.39 Å². The van der Waals surface area contributed by atoms with Crippen LogP contribution in [0.2, 0.25) is 5.15 Å². The van der Waals surface area contributed by atoms with E-state index in [9.17, 15) is 12.8 Å². The van der Waals surface area contributed by atoms with Crippen molar-refractivity contribution in [3.05, 3.63) is 52.1 Å². The minimum Gasteiger partial charge on any atom is -0.347 e. The Morgan fingerprint density at radius 3 is 2.62 bits per heavy atom. The van der Waals surface area contributed by atoms with E-state index in [1.165, 1.54) is 26.2 Å². The van der Waals surface area contributed by atoms with E-state index in [2.05, 4.69) is 12.0 Å². The zero-order valence-electron chi connectivity index (χ0n) is 18.3. The topological polar surface area (TPSA) is 73.7 Å². The van der Waals surface area contributed by atoms with Crippen LogP contribution in [0.25, 0.3) is 0 Å². The van der Waals surface area contributed by atoms with Gasteiger partial charge < -0.3 is 9.47 Å². The molecule has 1 aliphatic heterocycles. The summed E-state index contributed by atoms with van der Waals surface area (Å²) in [6.07, 6.45) is 2.52. The smallest absolute Gasteiger partial charge is 0.323 e. The number of hydrogen-bond donors (Lipinski definition) is 0. The molecule has 0 unspecified atom stereocenters. The Bertz CT molecular complexity index is 1160. The first-order valence-electron chi connectivity index (χ1n) is 10.9. The second-order valence-corrected chi connectivity index (χ2v) is 11.5. The van der Waals surface area contributed by atoms with E-state index in [1.54, 1.807) is 6.07 Å². The Balaban J connectivity index is 1.75. The molecule has 3 aliphatic rings. The molecule has 2 aliphatic carbocycles. The third-order valence-corrected chi connectivity index (χ3v) is 9.73. The molecule has 10 heteroatoms. The van der Waals surface area contributed by atoms with E-state index in [-0.39, 0.29) is 22.8 Å². The van der Waals surface area contributed by atoms with E-state index in [4.69, 9.17) is 21.1 Å². The average Bonchev–Trinajstić information content (AvgIpc) is 3.37.